The van der Waals surface area contributed by atoms with E-state index in [1.807, 2.05) is 20.8 Å². The van der Waals surface area contributed by atoms with Crippen molar-refractivity contribution in [1.82, 2.24) is 14.1 Å². The van der Waals surface area contributed by atoms with E-state index in [1.54, 1.807) is 16.8 Å². The topological polar surface area (TPSA) is 81.2 Å². The van der Waals surface area contributed by atoms with Gasteiger partial charge in [0.2, 0.25) is 10.0 Å². The molecule has 0 spiro atoms. The molecule has 9 heteroatoms. The molecule has 0 radical (unpaired) electrons. The molecule has 0 aliphatic carbocycles. The van der Waals surface area contributed by atoms with Gasteiger partial charge in [0.25, 0.3) is 0 Å². The average molecular weight is 443 g/mol. The van der Waals surface area contributed by atoms with Crippen molar-refractivity contribution in [2.24, 2.45) is 5.73 Å². The van der Waals surface area contributed by atoms with Gasteiger partial charge in [0, 0.05) is 38.3 Å². The summed E-state index contributed by atoms with van der Waals surface area (Å²) in [7, 11) is -0.689. The molecular formula is C20H28ClFN4O2S. The predicted molar refractivity (Wildman–Crippen MR) is 114 cm³/mol. The summed E-state index contributed by atoms with van der Waals surface area (Å²) in [5.41, 5.74) is 8.96. The lowest BCUT2D eigenvalue weighted by molar-refractivity contribution is 0.514. The van der Waals surface area contributed by atoms with Crippen molar-refractivity contribution < 1.29 is 12.8 Å². The number of sulfonamides is 1. The Balaban J connectivity index is 2.42. The predicted octanol–water partition coefficient (Wildman–Crippen LogP) is 3.62. The zero-order valence-corrected chi connectivity index (χ0v) is 19.0. The number of hydrogen-bond donors (Lipinski definition) is 1. The summed E-state index contributed by atoms with van der Waals surface area (Å²) >= 11 is 6.28. The van der Waals surface area contributed by atoms with Crippen LogP contribution in [-0.2, 0) is 23.0 Å². The molecule has 1 heterocycles. The summed E-state index contributed by atoms with van der Waals surface area (Å²) in [5.74, 6) is -0.184. The molecule has 0 unspecified atom stereocenters. The first kappa shape index (κ1) is 23.5. The largest absolute Gasteiger partial charge is 0.327 e. The monoisotopic (exact) mass is 442 g/mol. The minimum atomic E-state index is -3.62. The molecular weight excluding hydrogens is 415 g/mol. The first-order valence-corrected chi connectivity index (χ1v) is 11.1. The molecule has 0 bridgehead atoms. The van der Waals surface area contributed by atoms with Crippen LogP contribution in [0, 0.1) is 6.92 Å². The van der Waals surface area contributed by atoms with Crippen molar-refractivity contribution in [3.05, 3.63) is 57.6 Å². The molecule has 6 nitrogen and oxygen atoms in total. The summed E-state index contributed by atoms with van der Waals surface area (Å²) in [5, 5.41) is 4.76. The lowest BCUT2D eigenvalue weighted by Gasteiger charge is -2.14. The Hall–Kier alpha value is -1.74. The minimum absolute atomic E-state index is 0.0313. The van der Waals surface area contributed by atoms with Gasteiger partial charge >= 0.3 is 0 Å². The highest BCUT2D eigenvalue weighted by Gasteiger charge is 2.22. The van der Waals surface area contributed by atoms with Crippen LogP contribution in [0.25, 0.3) is 0 Å². The zero-order chi connectivity index (χ0) is 21.9. The van der Waals surface area contributed by atoms with E-state index in [1.165, 1.54) is 26.2 Å². The molecule has 1 aromatic heterocycles. The van der Waals surface area contributed by atoms with Gasteiger partial charge in [0.15, 0.2) is 0 Å². The molecule has 0 saturated carbocycles. The van der Waals surface area contributed by atoms with Crippen LogP contribution in [0.15, 0.2) is 35.0 Å². The van der Waals surface area contributed by atoms with Crippen molar-refractivity contribution in [2.45, 2.75) is 44.6 Å². The van der Waals surface area contributed by atoms with Crippen molar-refractivity contribution >= 4 is 21.6 Å². The van der Waals surface area contributed by atoms with E-state index in [0.717, 1.165) is 26.8 Å². The van der Waals surface area contributed by atoms with Crippen molar-refractivity contribution in [3.8, 4) is 0 Å². The average Bonchev–Trinajstić information content (AvgIpc) is 2.91. The van der Waals surface area contributed by atoms with Crippen molar-refractivity contribution in [2.75, 3.05) is 20.6 Å². The van der Waals surface area contributed by atoms with E-state index < -0.39 is 10.0 Å². The van der Waals surface area contributed by atoms with Crippen LogP contribution in [0.2, 0.25) is 5.02 Å². The van der Waals surface area contributed by atoms with Gasteiger partial charge in [-0.05, 0) is 36.6 Å². The first-order valence-electron chi connectivity index (χ1n) is 9.30. The molecule has 0 aliphatic rings. The van der Waals surface area contributed by atoms with Crippen LogP contribution in [0.5, 0.6) is 0 Å². The van der Waals surface area contributed by atoms with Crippen LogP contribution in [-0.4, -0.2) is 43.1 Å². The summed E-state index contributed by atoms with van der Waals surface area (Å²) in [6.45, 7) is 6.12. The van der Waals surface area contributed by atoms with E-state index >= 15 is 0 Å². The fraction of sp³-hybridized carbons (Fsp3) is 0.450. The van der Waals surface area contributed by atoms with Gasteiger partial charge in [-0.3, -0.25) is 4.68 Å². The van der Waals surface area contributed by atoms with Gasteiger partial charge in [-0.25, -0.2) is 17.1 Å². The third-order valence-corrected chi connectivity index (χ3v) is 6.98. The van der Waals surface area contributed by atoms with Crippen LogP contribution in [0.3, 0.4) is 0 Å². The highest BCUT2D eigenvalue weighted by atomic mass is 35.5. The van der Waals surface area contributed by atoms with Crippen LogP contribution in [0.1, 0.15) is 42.3 Å². The molecule has 0 atom stereocenters. The maximum Gasteiger partial charge on any atom is 0.244 e. The molecule has 2 rings (SSSR count). The molecule has 0 fully saturated rings. The summed E-state index contributed by atoms with van der Waals surface area (Å²) in [6.07, 6.45) is 1.85. The number of rotatable bonds is 8. The molecule has 1 aromatic carbocycles. The molecule has 0 saturated heterocycles. The second-order valence-corrected chi connectivity index (χ2v) is 9.90. The first-order chi connectivity index (χ1) is 13.5. The van der Waals surface area contributed by atoms with Crippen LogP contribution in [0.4, 0.5) is 4.39 Å². The SMILES string of the molecule is Cc1c(Cc2ccc(S(=O)(=O)N(C)C)c(Cl)c2)c(C(C)C)nn1CC(F)=CCN. The van der Waals surface area contributed by atoms with E-state index in [9.17, 15) is 12.8 Å². The number of hydrogen-bond acceptors (Lipinski definition) is 4. The van der Waals surface area contributed by atoms with Gasteiger partial charge in [0.05, 0.1) is 17.3 Å². The Labute approximate surface area is 177 Å². The van der Waals surface area contributed by atoms with Gasteiger partial charge in [-0.15, -0.1) is 0 Å². The Morgan fingerprint density at radius 3 is 2.55 bits per heavy atom. The second-order valence-electron chi connectivity index (χ2n) is 7.38. The Bertz CT molecular complexity index is 1010. The Morgan fingerprint density at radius 2 is 2.03 bits per heavy atom. The van der Waals surface area contributed by atoms with E-state index in [-0.39, 0.29) is 34.8 Å². The number of nitrogens with zero attached hydrogens (tertiary/aromatic N) is 3. The number of aromatic nitrogens is 2. The van der Waals surface area contributed by atoms with Crippen LogP contribution >= 0.6 is 11.6 Å². The molecule has 29 heavy (non-hydrogen) atoms. The van der Waals surface area contributed by atoms with Crippen molar-refractivity contribution in [3.63, 3.8) is 0 Å². The maximum atomic E-state index is 14.0. The number of allylic oxidation sites excluding steroid dienone is 1. The smallest absolute Gasteiger partial charge is 0.244 e. The highest BCUT2D eigenvalue weighted by Crippen LogP contribution is 2.29. The van der Waals surface area contributed by atoms with Crippen LogP contribution < -0.4 is 5.73 Å². The molecule has 2 aromatic rings. The second kappa shape index (κ2) is 9.38. The van der Waals surface area contributed by atoms with Gasteiger partial charge in [0.1, 0.15) is 10.7 Å². The number of benzene rings is 1. The lowest BCUT2D eigenvalue weighted by atomic mass is 9.98. The lowest BCUT2D eigenvalue weighted by Crippen LogP contribution is -2.22. The molecule has 160 valence electrons. The Morgan fingerprint density at radius 1 is 1.38 bits per heavy atom. The van der Waals surface area contributed by atoms with E-state index in [4.69, 9.17) is 17.3 Å². The third-order valence-electron chi connectivity index (χ3n) is 4.68. The minimum Gasteiger partial charge on any atom is -0.327 e. The van der Waals surface area contributed by atoms with Gasteiger partial charge in [-0.2, -0.15) is 5.10 Å². The van der Waals surface area contributed by atoms with E-state index in [2.05, 4.69) is 5.10 Å². The fourth-order valence-electron chi connectivity index (χ4n) is 3.04. The number of nitrogens with two attached hydrogens (primary N) is 1. The normalized spacial score (nSPS) is 13.0. The fourth-order valence-corrected chi connectivity index (χ4v) is 4.48. The van der Waals surface area contributed by atoms with E-state index in [0.29, 0.717) is 6.42 Å². The molecule has 2 N–H and O–H groups in total. The molecule has 0 aliphatic heterocycles. The van der Waals surface area contributed by atoms with Gasteiger partial charge in [-0.1, -0.05) is 31.5 Å². The highest BCUT2D eigenvalue weighted by molar-refractivity contribution is 7.89. The standard InChI is InChI=1S/C20H28ClFN4O2S/c1-13(2)20-17(14(3)26(24-20)12-16(22)8-9-23)10-15-6-7-19(18(21)11-15)29(27,28)25(4)5/h6-8,11,13H,9-10,12,23H2,1-5H3. The Kier molecular flexibility index (Phi) is 7.62. The maximum absolute atomic E-state index is 14.0. The summed E-state index contributed by atoms with van der Waals surface area (Å²) in [6, 6.07) is 4.93. The summed E-state index contributed by atoms with van der Waals surface area (Å²) < 4.78 is 41.4. The quantitative estimate of drug-likeness (QED) is 0.676. The third kappa shape index (κ3) is 5.25. The van der Waals surface area contributed by atoms with Crippen molar-refractivity contribution in [1.29, 1.82) is 0 Å². The number of halogens is 2. The zero-order valence-electron chi connectivity index (χ0n) is 17.4. The summed E-state index contributed by atoms with van der Waals surface area (Å²) in [4.78, 5) is 0.0680. The van der Waals surface area contributed by atoms with Gasteiger partial charge < -0.3 is 5.73 Å². The molecule has 0 amide bonds.